The summed E-state index contributed by atoms with van der Waals surface area (Å²) < 4.78 is 5.16. The number of esters is 1. The Bertz CT molecular complexity index is 311. The Balaban J connectivity index is 2.05. The first-order valence-electron chi connectivity index (χ1n) is 6.41. The van der Waals surface area contributed by atoms with Crippen LogP contribution in [0, 0.1) is 0 Å². The molecular weight excluding hydrogens is 214 g/mol. The lowest BCUT2D eigenvalue weighted by Crippen LogP contribution is -2.06. The van der Waals surface area contributed by atoms with Gasteiger partial charge in [0.25, 0.3) is 0 Å². The summed E-state index contributed by atoms with van der Waals surface area (Å²) in [7, 11) is 0. The first kappa shape index (κ1) is 13.7. The van der Waals surface area contributed by atoms with E-state index in [-0.39, 0.29) is 5.97 Å². The van der Waals surface area contributed by atoms with Gasteiger partial charge in [-0.25, -0.2) is 4.79 Å². The molecule has 0 unspecified atom stereocenters. The summed E-state index contributed by atoms with van der Waals surface area (Å²) in [4.78, 5) is 15.4. The molecule has 0 saturated carbocycles. The van der Waals surface area contributed by atoms with E-state index in [2.05, 4.69) is 11.9 Å². The topological polar surface area (TPSA) is 39.2 Å². The predicted molar refractivity (Wildman–Crippen MR) is 67.9 cm³/mol. The molecule has 0 atom stereocenters. The van der Waals surface area contributed by atoms with Gasteiger partial charge in [-0.2, -0.15) is 0 Å². The highest BCUT2D eigenvalue weighted by Crippen LogP contribution is 2.06. The van der Waals surface area contributed by atoms with Crippen LogP contribution in [-0.2, 0) is 4.74 Å². The minimum atomic E-state index is -0.272. The molecular formula is C14H21NO2. The average Bonchev–Trinajstić information content (AvgIpc) is 2.38. The highest BCUT2D eigenvalue weighted by molar-refractivity contribution is 5.88. The van der Waals surface area contributed by atoms with E-state index in [0.717, 1.165) is 12.8 Å². The highest BCUT2D eigenvalue weighted by atomic mass is 16.5. The van der Waals surface area contributed by atoms with Crippen LogP contribution in [0.3, 0.4) is 0 Å². The molecule has 0 aliphatic rings. The maximum absolute atomic E-state index is 11.5. The molecule has 0 aliphatic carbocycles. The van der Waals surface area contributed by atoms with E-state index in [0.29, 0.717) is 12.2 Å². The number of carbonyl (C=O) groups is 1. The molecule has 0 aromatic carbocycles. The zero-order valence-electron chi connectivity index (χ0n) is 10.5. The van der Waals surface area contributed by atoms with Crippen molar-refractivity contribution < 1.29 is 9.53 Å². The highest BCUT2D eigenvalue weighted by Gasteiger charge is 2.05. The molecule has 1 rings (SSSR count). The molecule has 3 nitrogen and oxygen atoms in total. The number of carbonyl (C=O) groups excluding carboxylic acids is 1. The van der Waals surface area contributed by atoms with E-state index in [1.807, 2.05) is 0 Å². The monoisotopic (exact) mass is 235 g/mol. The van der Waals surface area contributed by atoms with E-state index in [9.17, 15) is 4.79 Å². The lowest BCUT2D eigenvalue weighted by atomic mass is 10.1. The van der Waals surface area contributed by atoms with Crippen molar-refractivity contribution in [3.05, 3.63) is 30.1 Å². The van der Waals surface area contributed by atoms with Crippen molar-refractivity contribution in [1.29, 1.82) is 0 Å². The van der Waals surface area contributed by atoms with E-state index in [1.165, 1.54) is 31.9 Å². The van der Waals surface area contributed by atoms with Crippen LogP contribution in [-0.4, -0.2) is 17.6 Å². The van der Waals surface area contributed by atoms with Gasteiger partial charge in [0.1, 0.15) is 0 Å². The van der Waals surface area contributed by atoms with Gasteiger partial charge >= 0.3 is 5.97 Å². The molecule has 1 aromatic rings. The van der Waals surface area contributed by atoms with Crippen LogP contribution in [0.1, 0.15) is 55.8 Å². The van der Waals surface area contributed by atoms with Gasteiger partial charge < -0.3 is 4.74 Å². The van der Waals surface area contributed by atoms with Gasteiger partial charge in [-0.15, -0.1) is 0 Å². The first-order chi connectivity index (χ1) is 8.34. The summed E-state index contributed by atoms with van der Waals surface area (Å²) in [6.45, 7) is 2.72. The van der Waals surface area contributed by atoms with E-state index in [1.54, 1.807) is 18.3 Å². The predicted octanol–water partition coefficient (Wildman–Crippen LogP) is 3.60. The van der Waals surface area contributed by atoms with Crippen LogP contribution in [0.5, 0.6) is 0 Å². The Hall–Kier alpha value is -1.38. The Labute approximate surface area is 103 Å². The molecule has 0 spiro atoms. The fraction of sp³-hybridized carbons (Fsp3) is 0.571. The van der Waals surface area contributed by atoms with Crippen molar-refractivity contribution in [2.75, 3.05) is 6.61 Å². The maximum atomic E-state index is 11.5. The van der Waals surface area contributed by atoms with Crippen LogP contribution in [0.15, 0.2) is 24.5 Å². The molecule has 3 heteroatoms. The van der Waals surface area contributed by atoms with Gasteiger partial charge in [0.05, 0.1) is 12.2 Å². The number of hydrogen-bond donors (Lipinski definition) is 0. The van der Waals surface area contributed by atoms with Gasteiger partial charge in [0, 0.05) is 12.4 Å². The molecule has 94 valence electrons. The zero-order valence-corrected chi connectivity index (χ0v) is 10.5. The molecule has 0 amide bonds. The van der Waals surface area contributed by atoms with Crippen molar-refractivity contribution in [2.45, 2.75) is 45.4 Å². The number of hydrogen-bond acceptors (Lipinski definition) is 3. The summed E-state index contributed by atoms with van der Waals surface area (Å²) >= 11 is 0. The number of nitrogens with zero attached hydrogens (tertiary/aromatic N) is 1. The van der Waals surface area contributed by atoms with E-state index >= 15 is 0 Å². The van der Waals surface area contributed by atoms with E-state index in [4.69, 9.17) is 4.74 Å². The van der Waals surface area contributed by atoms with Crippen LogP contribution >= 0.6 is 0 Å². The summed E-state index contributed by atoms with van der Waals surface area (Å²) in [6, 6.07) is 3.46. The molecule has 0 radical (unpaired) electrons. The third-order valence-electron chi connectivity index (χ3n) is 2.63. The SMILES string of the molecule is CCCCCCCCOC(=O)c1cccnc1. The van der Waals surface area contributed by atoms with Crippen LogP contribution < -0.4 is 0 Å². The third kappa shape index (κ3) is 6.05. The van der Waals surface area contributed by atoms with Crippen LogP contribution in [0.2, 0.25) is 0 Å². The lowest BCUT2D eigenvalue weighted by Gasteiger charge is -2.04. The van der Waals surface area contributed by atoms with Crippen LogP contribution in [0.25, 0.3) is 0 Å². The Morgan fingerprint density at radius 1 is 1.24 bits per heavy atom. The molecule has 0 saturated heterocycles. The summed E-state index contributed by atoms with van der Waals surface area (Å²) in [5.74, 6) is -0.272. The first-order valence-corrected chi connectivity index (χ1v) is 6.41. The Morgan fingerprint density at radius 3 is 2.71 bits per heavy atom. The Kier molecular flexibility index (Phi) is 7.03. The van der Waals surface area contributed by atoms with E-state index < -0.39 is 0 Å². The number of rotatable bonds is 8. The third-order valence-corrected chi connectivity index (χ3v) is 2.63. The molecule has 0 bridgehead atoms. The smallest absolute Gasteiger partial charge is 0.339 e. The number of unbranched alkanes of at least 4 members (excludes halogenated alkanes) is 5. The second-order valence-electron chi connectivity index (χ2n) is 4.15. The van der Waals surface area contributed by atoms with Crippen molar-refractivity contribution >= 4 is 5.97 Å². The largest absolute Gasteiger partial charge is 0.462 e. The fourth-order valence-corrected chi connectivity index (χ4v) is 1.61. The van der Waals surface area contributed by atoms with Gasteiger partial charge in [-0.1, -0.05) is 39.0 Å². The molecule has 0 fully saturated rings. The van der Waals surface area contributed by atoms with Gasteiger partial charge in [0.2, 0.25) is 0 Å². The number of aromatic nitrogens is 1. The second-order valence-corrected chi connectivity index (χ2v) is 4.15. The number of pyridine rings is 1. The van der Waals surface area contributed by atoms with Gasteiger partial charge in [-0.3, -0.25) is 4.98 Å². The maximum Gasteiger partial charge on any atom is 0.339 e. The summed E-state index contributed by atoms with van der Waals surface area (Å²) in [5.41, 5.74) is 0.526. The molecule has 0 aliphatic heterocycles. The van der Waals surface area contributed by atoms with Crippen molar-refractivity contribution in [3.8, 4) is 0 Å². The molecule has 0 N–H and O–H groups in total. The number of ether oxygens (including phenoxy) is 1. The minimum absolute atomic E-state index is 0.272. The lowest BCUT2D eigenvalue weighted by molar-refractivity contribution is 0.0497. The van der Waals surface area contributed by atoms with Crippen molar-refractivity contribution in [1.82, 2.24) is 4.98 Å². The van der Waals surface area contributed by atoms with Crippen molar-refractivity contribution in [2.24, 2.45) is 0 Å². The molecule has 1 heterocycles. The standard InChI is InChI=1S/C14H21NO2/c1-2-3-4-5-6-7-11-17-14(16)13-9-8-10-15-12-13/h8-10,12H,2-7,11H2,1H3. The minimum Gasteiger partial charge on any atom is -0.462 e. The quantitative estimate of drug-likeness (QED) is 0.510. The van der Waals surface area contributed by atoms with Gasteiger partial charge in [0.15, 0.2) is 0 Å². The second kappa shape index (κ2) is 8.74. The normalized spacial score (nSPS) is 10.2. The van der Waals surface area contributed by atoms with Crippen molar-refractivity contribution in [3.63, 3.8) is 0 Å². The molecule has 17 heavy (non-hydrogen) atoms. The van der Waals surface area contributed by atoms with Gasteiger partial charge in [-0.05, 0) is 18.6 Å². The fourth-order valence-electron chi connectivity index (χ4n) is 1.61. The Morgan fingerprint density at radius 2 is 2.00 bits per heavy atom. The van der Waals surface area contributed by atoms with Crippen LogP contribution in [0.4, 0.5) is 0 Å². The zero-order chi connectivity index (χ0) is 12.3. The summed E-state index contributed by atoms with van der Waals surface area (Å²) in [6.07, 6.45) is 10.3. The molecule has 1 aromatic heterocycles. The average molecular weight is 235 g/mol. The summed E-state index contributed by atoms with van der Waals surface area (Å²) in [5, 5.41) is 0.